The Kier molecular flexibility index (Phi) is 15.2. The van der Waals surface area contributed by atoms with Crippen LogP contribution in [0.4, 0.5) is 0 Å². The van der Waals surface area contributed by atoms with E-state index in [1.54, 1.807) is 13.8 Å². The molecule has 0 atom stereocenters. The van der Waals surface area contributed by atoms with Crippen LogP contribution >= 0.6 is 0 Å². The molecule has 0 rings (SSSR count). The van der Waals surface area contributed by atoms with E-state index in [2.05, 4.69) is 23.8 Å². The molecule has 0 aromatic rings. The molecule has 0 fully saturated rings. The van der Waals surface area contributed by atoms with Gasteiger partial charge in [-0.05, 0) is 27.2 Å². The molecular formula is C15H28N2O4. The minimum Gasteiger partial charge on any atom is -0.362 e. The molecule has 0 bridgehead atoms. The molecule has 0 saturated heterocycles. The van der Waals surface area contributed by atoms with Crippen molar-refractivity contribution in [3.8, 4) is 0 Å². The maximum Gasteiger partial charge on any atom is 0.248 e. The Balaban J connectivity index is 0. The van der Waals surface area contributed by atoms with Crippen LogP contribution < -0.4 is 10.6 Å². The van der Waals surface area contributed by atoms with Gasteiger partial charge in [-0.1, -0.05) is 20.1 Å². The molecule has 0 spiro atoms. The lowest BCUT2D eigenvalue weighted by molar-refractivity contribution is -0.119. The van der Waals surface area contributed by atoms with Crippen LogP contribution in [-0.2, 0) is 19.1 Å². The summed E-state index contributed by atoms with van der Waals surface area (Å²) in [5.74, 6) is -0.311. The molecular weight excluding hydrogens is 272 g/mol. The SMILES string of the molecule is C=C(C)C(=O)NCOCC.C=C(C)C(=O)NCOCCC. The highest BCUT2D eigenvalue weighted by molar-refractivity contribution is 5.92. The molecule has 0 aliphatic carbocycles. The first kappa shape index (κ1) is 21.6. The normalized spacial score (nSPS) is 9.14. The van der Waals surface area contributed by atoms with E-state index in [4.69, 9.17) is 9.47 Å². The number of nitrogens with one attached hydrogen (secondary N) is 2. The second-order valence-electron chi connectivity index (χ2n) is 4.26. The summed E-state index contributed by atoms with van der Waals surface area (Å²) in [6.45, 7) is 16.0. The third-order valence-electron chi connectivity index (χ3n) is 2.00. The molecule has 2 N–H and O–H groups in total. The Morgan fingerprint density at radius 2 is 1.33 bits per heavy atom. The summed E-state index contributed by atoms with van der Waals surface area (Å²) < 4.78 is 9.91. The summed E-state index contributed by atoms with van der Waals surface area (Å²) in [4.78, 5) is 21.5. The predicted octanol–water partition coefficient (Wildman–Crippen LogP) is 1.74. The fraction of sp³-hybridized carbons (Fsp3) is 0.600. The maximum absolute atomic E-state index is 10.8. The van der Waals surface area contributed by atoms with Crippen LogP contribution in [0.1, 0.15) is 34.1 Å². The van der Waals surface area contributed by atoms with Crippen LogP contribution in [0, 0.1) is 0 Å². The van der Waals surface area contributed by atoms with Crippen LogP contribution in [-0.4, -0.2) is 38.5 Å². The fourth-order valence-electron chi connectivity index (χ4n) is 0.854. The van der Waals surface area contributed by atoms with Crippen LogP contribution in [0.25, 0.3) is 0 Å². The van der Waals surface area contributed by atoms with Crippen LogP contribution in [0.5, 0.6) is 0 Å². The van der Waals surface area contributed by atoms with Crippen molar-refractivity contribution in [3.05, 3.63) is 24.3 Å². The second-order valence-corrected chi connectivity index (χ2v) is 4.26. The molecule has 21 heavy (non-hydrogen) atoms. The van der Waals surface area contributed by atoms with Crippen molar-refractivity contribution in [1.29, 1.82) is 0 Å². The Morgan fingerprint density at radius 1 is 0.905 bits per heavy atom. The summed E-state index contributed by atoms with van der Waals surface area (Å²) >= 11 is 0. The zero-order valence-electron chi connectivity index (χ0n) is 13.6. The lowest BCUT2D eigenvalue weighted by Gasteiger charge is -2.04. The molecule has 0 aromatic heterocycles. The van der Waals surface area contributed by atoms with E-state index in [0.29, 0.717) is 24.4 Å². The molecule has 6 heteroatoms. The summed E-state index contributed by atoms with van der Waals surface area (Å²) in [6.07, 6.45) is 0.961. The Bertz CT molecular complexity index is 341. The van der Waals surface area contributed by atoms with E-state index in [9.17, 15) is 9.59 Å². The van der Waals surface area contributed by atoms with Gasteiger partial charge in [0.2, 0.25) is 11.8 Å². The van der Waals surface area contributed by atoms with Gasteiger partial charge in [-0.15, -0.1) is 0 Å². The van der Waals surface area contributed by atoms with Gasteiger partial charge in [-0.25, -0.2) is 0 Å². The summed E-state index contributed by atoms with van der Waals surface area (Å²) in [5, 5.41) is 5.08. The third-order valence-corrected chi connectivity index (χ3v) is 2.00. The fourth-order valence-corrected chi connectivity index (χ4v) is 0.854. The van der Waals surface area contributed by atoms with Gasteiger partial charge < -0.3 is 20.1 Å². The molecule has 0 heterocycles. The molecule has 0 unspecified atom stereocenters. The summed E-state index contributed by atoms with van der Waals surface area (Å²) in [6, 6.07) is 0. The van der Waals surface area contributed by atoms with Crippen LogP contribution in [0.15, 0.2) is 24.3 Å². The molecule has 2 amide bonds. The first-order valence-corrected chi connectivity index (χ1v) is 6.89. The third kappa shape index (κ3) is 16.3. The molecule has 0 aliphatic rings. The lowest BCUT2D eigenvalue weighted by Crippen LogP contribution is -2.26. The van der Waals surface area contributed by atoms with Gasteiger partial charge >= 0.3 is 0 Å². The minimum absolute atomic E-state index is 0.152. The van der Waals surface area contributed by atoms with Crippen LogP contribution in [0.2, 0.25) is 0 Å². The number of hydrogen-bond acceptors (Lipinski definition) is 4. The molecule has 0 radical (unpaired) electrons. The highest BCUT2D eigenvalue weighted by Crippen LogP contribution is 1.85. The largest absolute Gasteiger partial charge is 0.362 e. The van der Waals surface area contributed by atoms with E-state index < -0.39 is 0 Å². The number of carbonyl (C=O) groups is 2. The van der Waals surface area contributed by atoms with Crippen molar-refractivity contribution in [2.75, 3.05) is 26.7 Å². The van der Waals surface area contributed by atoms with Gasteiger partial charge in [0.1, 0.15) is 13.5 Å². The topological polar surface area (TPSA) is 76.7 Å². The second kappa shape index (κ2) is 14.7. The average Bonchev–Trinajstić information content (AvgIpc) is 2.44. The first-order chi connectivity index (χ1) is 9.86. The average molecular weight is 300 g/mol. The van der Waals surface area contributed by atoms with Crippen molar-refractivity contribution in [3.63, 3.8) is 0 Å². The van der Waals surface area contributed by atoms with Crippen molar-refractivity contribution in [1.82, 2.24) is 10.6 Å². The van der Waals surface area contributed by atoms with Gasteiger partial charge in [0.15, 0.2) is 0 Å². The zero-order valence-corrected chi connectivity index (χ0v) is 13.6. The lowest BCUT2D eigenvalue weighted by atomic mass is 10.3. The number of rotatable bonds is 9. The number of ether oxygens (including phenoxy) is 2. The van der Waals surface area contributed by atoms with Crippen molar-refractivity contribution in [2.24, 2.45) is 0 Å². The standard InChI is InChI=1S/C8H15NO2.C7H13NO2/c1-4-5-11-6-9-8(10)7(2)3;1-4-10-5-8-7(9)6(2)3/h2,4-6H2,1,3H3,(H,9,10);2,4-5H2,1,3H3,(H,8,9). The minimum atomic E-state index is -0.159. The highest BCUT2D eigenvalue weighted by Gasteiger charge is 1.98. The van der Waals surface area contributed by atoms with Gasteiger partial charge in [0, 0.05) is 24.4 Å². The Morgan fingerprint density at radius 3 is 1.67 bits per heavy atom. The molecule has 122 valence electrons. The number of carbonyl (C=O) groups excluding carboxylic acids is 2. The van der Waals surface area contributed by atoms with Crippen LogP contribution in [0.3, 0.4) is 0 Å². The number of hydrogen-bond donors (Lipinski definition) is 2. The molecule has 0 aromatic carbocycles. The monoisotopic (exact) mass is 300 g/mol. The van der Waals surface area contributed by atoms with Crippen molar-refractivity contribution < 1.29 is 19.1 Å². The smallest absolute Gasteiger partial charge is 0.248 e. The van der Waals surface area contributed by atoms with Gasteiger partial charge in [-0.2, -0.15) is 0 Å². The van der Waals surface area contributed by atoms with E-state index in [1.807, 2.05) is 13.8 Å². The maximum atomic E-state index is 10.8. The zero-order chi connectivity index (χ0) is 16.7. The highest BCUT2D eigenvalue weighted by atomic mass is 16.5. The quantitative estimate of drug-likeness (QED) is 0.386. The predicted molar refractivity (Wildman–Crippen MR) is 83.5 cm³/mol. The molecule has 0 aliphatic heterocycles. The van der Waals surface area contributed by atoms with Gasteiger partial charge in [-0.3, -0.25) is 9.59 Å². The van der Waals surface area contributed by atoms with Gasteiger partial charge in [0.25, 0.3) is 0 Å². The Labute approximate surface area is 127 Å². The number of amides is 2. The molecule has 6 nitrogen and oxygen atoms in total. The van der Waals surface area contributed by atoms with Crippen molar-refractivity contribution >= 4 is 11.8 Å². The van der Waals surface area contributed by atoms with E-state index >= 15 is 0 Å². The Hall–Kier alpha value is -1.66. The molecule has 0 saturated carbocycles. The van der Waals surface area contributed by atoms with E-state index in [1.165, 1.54) is 0 Å². The first-order valence-electron chi connectivity index (χ1n) is 6.89. The summed E-state index contributed by atoms with van der Waals surface area (Å²) in [7, 11) is 0. The summed E-state index contributed by atoms with van der Waals surface area (Å²) in [5.41, 5.74) is 1.00. The van der Waals surface area contributed by atoms with E-state index in [-0.39, 0.29) is 25.3 Å². The van der Waals surface area contributed by atoms with Crippen molar-refractivity contribution in [2.45, 2.75) is 34.1 Å². The van der Waals surface area contributed by atoms with Gasteiger partial charge in [0.05, 0.1) is 0 Å². The van der Waals surface area contributed by atoms with E-state index in [0.717, 1.165) is 6.42 Å².